The van der Waals surface area contributed by atoms with Gasteiger partial charge in [-0.15, -0.1) is 0 Å². The van der Waals surface area contributed by atoms with Gasteiger partial charge in [0.25, 0.3) is 0 Å². The van der Waals surface area contributed by atoms with E-state index in [2.05, 4.69) is 0 Å². The summed E-state index contributed by atoms with van der Waals surface area (Å²) >= 11 is 0. The summed E-state index contributed by atoms with van der Waals surface area (Å²) in [4.78, 5) is 27.9. The molecule has 0 aliphatic carbocycles. The molecule has 0 saturated carbocycles. The molecule has 0 saturated heterocycles. The molecule has 19 heavy (non-hydrogen) atoms. The predicted octanol–water partition coefficient (Wildman–Crippen LogP) is -7.62. The fourth-order valence-electron chi connectivity index (χ4n) is 0.827. The van der Waals surface area contributed by atoms with Crippen molar-refractivity contribution in [3.8, 4) is 11.5 Å². The third kappa shape index (κ3) is 9.75. The molecular weight excluding hydrogens is 504 g/mol. The number of nitro benzene ring substituents is 1. The summed E-state index contributed by atoms with van der Waals surface area (Å²) in [6, 6.07) is 2.00. The molecule has 9 nitrogen and oxygen atoms in total. The standard InChI is InChI=1S/C7H5NO5.CH2O3.2Cs/c9-3-4-1-2-5(8(12)13)7(11)6(4)10;2-1(3)4;;/h1-3,10-11H;(H2,2,3,4);;/q;;2*+1/p-2. The van der Waals surface area contributed by atoms with Crippen molar-refractivity contribution in [3.05, 3.63) is 27.8 Å². The van der Waals surface area contributed by atoms with Gasteiger partial charge in [0.15, 0.2) is 12.0 Å². The van der Waals surface area contributed by atoms with Gasteiger partial charge in [-0.05, 0) is 12.2 Å². The topological polar surface area (TPSA) is 164 Å². The van der Waals surface area contributed by atoms with Crippen LogP contribution in [0.15, 0.2) is 12.1 Å². The van der Waals surface area contributed by atoms with Crippen LogP contribution in [0, 0.1) is 10.1 Å². The van der Waals surface area contributed by atoms with E-state index in [1.54, 1.807) is 0 Å². The van der Waals surface area contributed by atoms with Crippen LogP contribution in [0.1, 0.15) is 10.4 Å². The van der Waals surface area contributed by atoms with Crippen molar-refractivity contribution in [1.82, 2.24) is 0 Å². The number of nitro groups is 1. The molecule has 1 rings (SSSR count). The van der Waals surface area contributed by atoms with E-state index >= 15 is 0 Å². The second-order valence-corrected chi connectivity index (χ2v) is 2.50. The zero-order valence-corrected chi connectivity index (χ0v) is 22.6. The van der Waals surface area contributed by atoms with Crippen LogP contribution in [-0.4, -0.2) is 27.6 Å². The van der Waals surface area contributed by atoms with Crippen molar-refractivity contribution in [1.29, 1.82) is 0 Å². The molecule has 0 aliphatic rings. The molecule has 1 aromatic rings. The van der Waals surface area contributed by atoms with Gasteiger partial charge in [-0.25, -0.2) is 0 Å². The Morgan fingerprint density at radius 3 is 1.89 bits per heavy atom. The van der Waals surface area contributed by atoms with Gasteiger partial charge in [0.05, 0.1) is 10.5 Å². The Labute approximate surface area is 224 Å². The zero-order valence-electron chi connectivity index (χ0n) is 10.0. The van der Waals surface area contributed by atoms with Crippen LogP contribution < -0.4 is 148 Å². The normalized spacial score (nSPS) is 7.79. The number of carbonyl (C=O) groups excluding carboxylic acids is 2. The Morgan fingerprint density at radius 2 is 1.58 bits per heavy atom. The van der Waals surface area contributed by atoms with Crippen LogP contribution in [0.2, 0.25) is 0 Å². The Bertz CT molecular complexity index is 460. The molecule has 0 radical (unpaired) electrons. The number of rotatable bonds is 2. The Kier molecular flexibility index (Phi) is 17.2. The summed E-state index contributed by atoms with van der Waals surface area (Å²) in [5.74, 6) is -1.67. The number of aldehydes is 1. The number of hydrogen-bond donors (Lipinski definition) is 2. The van der Waals surface area contributed by atoms with Crippen molar-refractivity contribution < 1.29 is 173 Å². The average Bonchev–Trinajstić information content (AvgIpc) is 2.20. The number of carboxylic acid groups (broad SMARTS) is 2. The van der Waals surface area contributed by atoms with E-state index < -0.39 is 28.3 Å². The van der Waals surface area contributed by atoms with E-state index in [0.717, 1.165) is 12.1 Å². The largest absolute Gasteiger partial charge is 1.00 e. The average molecular weight is 509 g/mol. The molecule has 0 atom stereocenters. The van der Waals surface area contributed by atoms with Crippen molar-refractivity contribution >= 4 is 18.1 Å². The molecule has 0 aliphatic heterocycles. The minimum Gasteiger partial charge on any atom is -0.652 e. The van der Waals surface area contributed by atoms with E-state index in [0.29, 0.717) is 6.29 Å². The molecule has 1 aromatic carbocycles. The molecule has 0 bridgehead atoms. The fourth-order valence-corrected chi connectivity index (χ4v) is 0.827. The molecule has 0 spiro atoms. The van der Waals surface area contributed by atoms with Gasteiger partial charge in [0.2, 0.25) is 5.75 Å². The summed E-state index contributed by atoms with van der Waals surface area (Å²) in [5.41, 5.74) is -0.828. The summed E-state index contributed by atoms with van der Waals surface area (Å²) in [6.07, 6.45) is -2.04. The van der Waals surface area contributed by atoms with Gasteiger partial charge >= 0.3 is 143 Å². The van der Waals surface area contributed by atoms with E-state index in [4.69, 9.17) is 25.2 Å². The first-order valence-corrected chi connectivity index (χ1v) is 3.83. The molecule has 2 N–H and O–H groups in total. The number of aromatic hydroxyl groups is 2. The number of carbonyl (C=O) groups is 2. The van der Waals surface area contributed by atoms with Gasteiger partial charge in [-0.2, -0.15) is 0 Å². The first-order valence-electron chi connectivity index (χ1n) is 3.83. The molecule has 0 amide bonds. The zero-order chi connectivity index (χ0) is 13.6. The monoisotopic (exact) mass is 509 g/mol. The minimum atomic E-state index is -2.33. The SMILES string of the molecule is O=C([O-])[O-].O=Cc1ccc([N+](=O)[O-])c(O)c1O.[Cs+].[Cs+]. The van der Waals surface area contributed by atoms with Crippen LogP contribution >= 0.6 is 0 Å². The Hall–Kier alpha value is 1.26. The van der Waals surface area contributed by atoms with Crippen molar-refractivity contribution in [3.63, 3.8) is 0 Å². The maximum atomic E-state index is 10.2. The molecule has 0 aromatic heterocycles. The molecular formula is C8H5Cs2NO8. The van der Waals surface area contributed by atoms with Crippen molar-refractivity contribution in [2.75, 3.05) is 0 Å². The smallest absolute Gasteiger partial charge is 0.652 e. The van der Waals surface area contributed by atoms with Gasteiger partial charge in [0.1, 0.15) is 0 Å². The van der Waals surface area contributed by atoms with Gasteiger partial charge in [-0.3, -0.25) is 14.9 Å². The minimum absolute atomic E-state index is 0. The van der Waals surface area contributed by atoms with E-state index in [1.807, 2.05) is 0 Å². The molecule has 92 valence electrons. The third-order valence-corrected chi connectivity index (χ3v) is 1.48. The van der Waals surface area contributed by atoms with Gasteiger partial charge in [0, 0.05) is 6.07 Å². The van der Waals surface area contributed by atoms with Crippen molar-refractivity contribution in [2.24, 2.45) is 0 Å². The van der Waals surface area contributed by atoms with Crippen LogP contribution in [0.25, 0.3) is 0 Å². The summed E-state index contributed by atoms with van der Waals surface area (Å²) < 4.78 is 0. The number of nitrogens with zero attached hydrogens (tertiary/aromatic N) is 1. The summed E-state index contributed by atoms with van der Waals surface area (Å²) in [5, 5.41) is 45.0. The van der Waals surface area contributed by atoms with Crippen LogP contribution in [0.3, 0.4) is 0 Å². The fraction of sp³-hybridized carbons (Fsp3) is 0. The first-order chi connectivity index (χ1) is 7.81. The van der Waals surface area contributed by atoms with Gasteiger partial charge in [-0.1, -0.05) is 0 Å². The second kappa shape index (κ2) is 13.0. The van der Waals surface area contributed by atoms with E-state index in [9.17, 15) is 14.9 Å². The number of benzene rings is 1. The third-order valence-electron chi connectivity index (χ3n) is 1.48. The second-order valence-electron chi connectivity index (χ2n) is 2.50. The van der Waals surface area contributed by atoms with Gasteiger partial charge < -0.3 is 25.2 Å². The summed E-state index contributed by atoms with van der Waals surface area (Å²) in [6.45, 7) is 0. The van der Waals surface area contributed by atoms with Crippen LogP contribution in [-0.2, 0) is 0 Å². The van der Waals surface area contributed by atoms with Crippen LogP contribution in [0.5, 0.6) is 11.5 Å². The number of phenols is 2. The summed E-state index contributed by atoms with van der Waals surface area (Å²) in [7, 11) is 0. The molecule has 0 unspecified atom stereocenters. The molecule has 11 heteroatoms. The van der Waals surface area contributed by atoms with E-state index in [1.165, 1.54) is 0 Å². The maximum Gasteiger partial charge on any atom is 1.00 e. The Morgan fingerprint density at radius 1 is 1.16 bits per heavy atom. The number of hydrogen-bond acceptors (Lipinski definition) is 8. The van der Waals surface area contributed by atoms with Crippen molar-refractivity contribution in [2.45, 2.75) is 0 Å². The predicted molar refractivity (Wildman–Crippen MR) is 47.2 cm³/mol. The maximum absolute atomic E-state index is 10.2. The van der Waals surface area contributed by atoms with Crippen LogP contribution in [0.4, 0.5) is 10.5 Å². The van der Waals surface area contributed by atoms with E-state index in [-0.39, 0.29) is 143 Å². The quantitative estimate of drug-likeness (QED) is 0.172. The first kappa shape index (κ1) is 25.2. The molecule has 0 fully saturated rings. The number of phenolic OH excluding ortho intramolecular Hbond substituents is 2. The molecule has 0 heterocycles. The Balaban J connectivity index is -0.000000379.